The van der Waals surface area contributed by atoms with Crippen LogP contribution in [0.25, 0.3) is 5.57 Å². The number of carboxylic acid groups (broad SMARTS) is 2. The molecule has 5 nitrogen and oxygen atoms in total. The molecule has 1 aliphatic heterocycles. The minimum Gasteiger partial charge on any atom is -0.478 e. The highest BCUT2D eigenvalue weighted by Gasteiger charge is 2.23. The first-order valence-electron chi connectivity index (χ1n) is 9.65. The predicted octanol–water partition coefficient (Wildman–Crippen LogP) is 4.09. The largest absolute Gasteiger partial charge is 0.478 e. The van der Waals surface area contributed by atoms with E-state index in [0.29, 0.717) is 12.2 Å². The quantitative estimate of drug-likeness (QED) is 0.728. The summed E-state index contributed by atoms with van der Waals surface area (Å²) in [6.45, 7) is 2.39. The molecule has 0 atom stereocenters. The van der Waals surface area contributed by atoms with Crippen LogP contribution in [0.5, 0.6) is 0 Å². The topological polar surface area (TPSA) is 77.8 Å². The molecule has 2 N–H and O–H groups in total. The highest BCUT2D eigenvalue weighted by Crippen LogP contribution is 2.40. The van der Waals surface area contributed by atoms with Crippen molar-refractivity contribution in [1.82, 2.24) is 4.90 Å². The van der Waals surface area contributed by atoms with E-state index in [9.17, 15) is 9.59 Å². The van der Waals surface area contributed by atoms with Gasteiger partial charge >= 0.3 is 11.9 Å². The van der Waals surface area contributed by atoms with Gasteiger partial charge in [0.15, 0.2) is 0 Å². The molecule has 1 aromatic carbocycles. The Morgan fingerprint density at radius 1 is 0.931 bits per heavy atom. The number of hydrogen-bond donors (Lipinski definition) is 2. The number of nitrogens with zero attached hydrogens (tertiary/aromatic N) is 1. The number of aryl methyl sites for hydroxylation is 2. The molecule has 0 saturated carbocycles. The fourth-order valence-corrected chi connectivity index (χ4v) is 4.68. The molecule has 4 rings (SSSR count). The number of fused-ring (bicyclic) bond motifs is 2. The number of aliphatic carboxylic acids is 2. The third-order valence-electron chi connectivity index (χ3n) is 5.24. The van der Waals surface area contributed by atoms with Crippen LogP contribution in [0.3, 0.4) is 0 Å². The Hall–Kier alpha value is -2.70. The van der Waals surface area contributed by atoms with E-state index in [4.69, 9.17) is 10.2 Å². The molecule has 152 valence electrons. The van der Waals surface area contributed by atoms with Crippen LogP contribution < -0.4 is 0 Å². The molecule has 0 spiro atoms. The maximum absolute atomic E-state index is 9.55. The molecule has 29 heavy (non-hydrogen) atoms. The molecule has 2 heterocycles. The lowest BCUT2D eigenvalue weighted by Crippen LogP contribution is -2.27. The summed E-state index contributed by atoms with van der Waals surface area (Å²) in [5.41, 5.74) is 7.77. The van der Waals surface area contributed by atoms with Crippen LogP contribution in [0, 0.1) is 0 Å². The van der Waals surface area contributed by atoms with E-state index >= 15 is 0 Å². The maximum Gasteiger partial charge on any atom is 0.328 e. The van der Waals surface area contributed by atoms with Gasteiger partial charge in [-0.1, -0.05) is 29.8 Å². The standard InChI is InChI=1S/C19H21NS.C4H4O4/c1-20-11-8-15(9-12-20)19-16-5-3-2-4-14(16)6-7-18-17(19)10-13-21-18;5-3(6)1-2-4(7)8/h2-5,10,13H,6-9,11-12H2,1H3;1-2H,(H,5,6)(H,7,8)/b;2-1+. The Morgan fingerprint density at radius 2 is 1.59 bits per heavy atom. The normalized spacial score (nSPS) is 16.4. The van der Waals surface area contributed by atoms with Gasteiger partial charge in [0.1, 0.15) is 0 Å². The summed E-state index contributed by atoms with van der Waals surface area (Å²) in [7, 11) is 2.23. The van der Waals surface area contributed by atoms with Gasteiger partial charge in [0.05, 0.1) is 0 Å². The van der Waals surface area contributed by atoms with Gasteiger partial charge in [-0.05, 0) is 66.4 Å². The molecule has 0 radical (unpaired) electrons. The monoisotopic (exact) mass is 411 g/mol. The number of thiophene rings is 1. The van der Waals surface area contributed by atoms with Crippen molar-refractivity contribution in [3.05, 3.63) is 75.0 Å². The van der Waals surface area contributed by atoms with E-state index < -0.39 is 11.9 Å². The molecule has 1 saturated heterocycles. The SMILES string of the molecule is CN1CCC(=C2c3ccccc3CCc3sccc32)CC1.O=C(O)/C=C/C(=O)O. The number of rotatable bonds is 2. The second-order valence-corrected chi connectivity index (χ2v) is 8.21. The molecule has 2 aliphatic rings. The zero-order valence-electron chi connectivity index (χ0n) is 16.4. The van der Waals surface area contributed by atoms with Crippen LogP contribution in [0.15, 0.2) is 53.4 Å². The lowest BCUT2D eigenvalue weighted by atomic mass is 9.88. The van der Waals surface area contributed by atoms with Crippen molar-refractivity contribution in [3.8, 4) is 0 Å². The fourth-order valence-electron chi connectivity index (χ4n) is 3.79. The van der Waals surface area contributed by atoms with Crippen LogP contribution in [0.1, 0.15) is 34.4 Å². The van der Waals surface area contributed by atoms with E-state index in [1.807, 2.05) is 11.3 Å². The minimum atomic E-state index is -1.26. The van der Waals surface area contributed by atoms with Gasteiger partial charge in [0.2, 0.25) is 0 Å². The smallest absolute Gasteiger partial charge is 0.328 e. The third kappa shape index (κ3) is 5.43. The van der Waals surface area contributed by atoms with Crippen LogP contribution in [-0.4, -0.2) is 47.2 Å². The Labute approximate surface area is 174 Å². The summed E-state index contributed by atoms with van der Waals surface area (Å²) >= 11 is 1.93. The van der Waals surface area contributed by atoms with Crippen LogP contribution in [0.4, 0.5) is 0 Å². The van der Waals surface area contributed by atoms with Crippen molar-refractivity contribution >= 4 is 28.8 Å². The van der Waals surface area contributed by atoms with Crippen molar-refractivity contribution in [2.45, 2.75) is 25.7 Å². The Bertz CT molecular complexity index is 931. The highest BCUT2D eigenvalue weighted by atomic mass is 32.1. The van der Waals surface area contributed by atoms with Gasteiger partial charge in [0.25, 0.3) is 0 Å². The minimum absolute atomic E-state index is 0.558. The van der Waals surface area contributed by atoms with Crippen molar-refractivity contribution in [2.75, 3.05) is 20.1 Å². The Morgan fingerprint density at radius 3 is 2.24 bits per heavy atom. The molecule has 2 aromatic rings. The molecule has 1 aromatic heterocycles. The summed E-state index contributed by atoms with van der Waals surface area (Å²) in [6, 6.07) is 11.4. The summed E-state index contributed by atoms with van der Waals surface area (Å²) in [4.78, 5) is 23.1. The summed E-state index contributed by atoms with van der Waals surface area (Å²) in [5.74, 6) is -2.51. The zero-order valence-corrected chi connectivity index (χ0v) is 17.2. The Kier molecular flexibility index (Phi) is 7.01. The fraction of sp³-hybridized carbons (Fsp3) is 0.304. The number of benzene rings is 1. The van der Waals surface area contributed by atoms with E-state index in [-0.39, 0.29) is 0 Å². The van der Waals surface area contributed by atoms with Crippen molar-refractivity contribution in [3.63, 3.8) is 0 Å². The number of carbonyl (C=O) groups is 2. The molecular weight excluding hydrogens is 386 g/mol. The second kappa shape index (κ2) is 9.67. The van der Waals surface area contributed by atoms with E-state index in [0.717, 1.165) is 0 Å². The molecule has 6 heteroatoms. The number of hydrogen-bond acceptors (Lipinski definition) is 4. The molecule has 0 unspecified atom stereocenters. The number of likely N-dealkylation sites (tertiary alicyclic amines) is 1. The average molecular weight is 412 g/mol. The van der Waals surface area contributed by atoms with Crippen molar-refractivity contribution in [1.29, 1.82) is 0 Å². The molecule has 0 bridgehead atoms. The van der Waals surface area contributed by atoms with Gasteiger partial charge in [0, 0.05) is 30.1 Å². The molecule has 0 amide bonds. The second-order valence-electron chi connectivity index (χ2n) is 7.21. The first-order chi connectivity index (χ1) is 14.0. The van der Waals surface area contributed by atoms with E-state index in [1.165, 1.54) is 55.5 Å². The zero-order chi connectivity index (χ0) is 20.8. The third-order valence-corrected chi connectivity index (χ3v) is 6.22. The summed E-state index contributed by atoms with van der Waals surface area (Å²) in [6.07, 6.45) is 5.93. The van der Waals surface area contributed by atoms with Gasteiger partial charge in [-0.15, -0.1) is 11.3 Å². The van der Waals surface area contributed by atoms with Crippen LogP contribution in [-0.2, 0) is 22.4 Å². The maximum atomic E-state index is 9.55. The summed E-state index contributed by atoms with van der Waals surface area (Å²) < 4.78 is 0. The first kappa shape index (κ1) is 21.0. The predicted molar refractivity (Wildman–Crippen MR) is 115 cm³/mol. The van der Waals surface area contributed by atoms with Gasteiger partial charge in [-0.25, -0.2) is 9.59 Å². The average Bonchev–Trinajstić information content (AvgIpc) is 3.10. The Balaban J connectivity index is 0.000000258. The van der Waals surface area contributed by atoms with Crippen LogP contribution >= 0.6 is 11.3 Å². The molecule has 1 aliphatic carbocycles. The first-order valence-corrected chi connectivity index (χ1v) is 10.5. The van der Waals surface area contributed by atoms with Gasteiger partial charge in [-0.2, -0.15) is 0 Å². The lowest BCUT2D eigenvalue weighted by molar-refractivity contribution is -0.134. The van der Waals surface area contributed by atoms with Gasteiger partial charge in [-0.3, -0.25) is 0 Å². The van der Waals surface area contributed by atoms with Crippen molar-refractivity contribution in [2.24, 2.45) is 0 Å². The van der Waals surface area contributed by atoms with Gasteiger partial charge < -0.3 is 15.1 Å². The number of carboxylic acids is 2. The lowest BCUT2D eigenvalue weighted by Gasteiger charge is -2.27. The number of piperidine rings is 1. The summed E-state index contributed by atoms with van der Waals surface area (Å²) in [5, 5.41) is 17.9. The molecule has 1 fully saturated rings. The van der Waals surface area contributed by atoms with E-state index in [1.54, 1.807) is 16.0 Å². The van der Waals surface area contributed by atoms with Crippen LogP contribution in [0.2, 0.25) is 0 Å². The van der Waals surface area contributed by atoms with Crippen molar-refractivity contribution < 1.29 is 19.8 Å². The highest BCUT2D eigenvalue weighted by molar-refractivity contribution is 7.10. The molecular formula is C23H25NO4S. The van der Waals surface area contributed by atoms with E-state index in [2.05, 4.69) is 47.7 Å².